The van der Waals surface area contributed by atoms with Crippen LogP contribution in [-0.4, -0.2) is 30.5 Å². The molecule has 1 aromatic rings. The van der Waals surface area contributed by atoms with Crippen LogP contribution in [0.5, 0.6) is 5.75 Å². The van der Waals surface area contributed by atoms with Gasteiger partial charge in [0, 0.05) is 36.2 Å². The van der Waals surface area contributed by atoms with Gasteiger partial charge in [-0.15, -0.1) is 0 Å². The molecule has 1 saturated heterocycles. The van der Waals surface area contributed by atoms with Crippen LogP contribution in [0.1, 0.15) is 6.42 Å². The van der Waals surface area contributed by atoms with Gasteiger partial charge in [0.25, 0.3) is 5.91 Å². The van der Waals surface area contributed by atoms with Crippen molar-refractivity contribution in [2.75, 3.05) is 19.3 Å². The Hall–Kier alpha value is -1.23. The molecular formula is C11H13BrN2O2. The van der Waals surface area contributed by atoms with Crippen LogP contribution in [0.4, 0.5) is 5.69 Å². The fraction of sp³-hybridized carbons (Fsp3) is 0.364. The van der Waals surface area contributed by atoms with Gasteiger partial charge in [-0.1, -0.05) is 15.9 Å². The van der Waals surface area contributed by atoms with Gasteiger partial charge in [-0.2, -0.15) is 0 Å². The number of hydrogen-bond acceptors (Lipinski definition) is 3. The number of hydrogen-bond donors (Lipinski definition) is 1. The highest BCUT2D eigenvalue weighted by Crippen LogP contribution is 2.25. The van der Waals surface area contributed by atoms with Gasteiger partial charge in [0.1, 0.15) is 5.75 Å². The molecule has 1 amide bonds. The highest BCUT2D eigenvalue weighted by molar-refractivity contribution is 9.10. The van der Waals surface area contributed by atoms with Crippen LogP contribution < -0.4 is 10.5 Å². The maximum Gasteiger partial charge on any atom is 0.263 e. The van der Waals surface area contributed by atoms with Crippen LogP contribution in [-0.2, 0) is 4.79 Å². The zero-order chi connectivity index (χ0) is 11.7. The van der Waals surface area contributed by atoms with Gasteiger partial charge in [0.2, 0.25) is 0 Å². The first-order chi connectivity index (χ1) is 7.56. The second-order valence-electron chi connectivity index (χ2n) is 3.88. The van der Waals surface area contributed by atoms with Gasteiger partial charge in [0.05, 0.1) is 0 Å². The van der Waals surface area contributed by atoms with Gasteiger partial charge in [-0.05, 0) is 12.1 Å². The van der Waals surface area contributed by atoms with E-state index in [1.165, 1.54) is 0 Å². The summed E-state index contributed by atoms with van der Waals surface area (Å²) in [5, 5.41) is 0. The average molecular weight is 285 g/mol. The third kappa shape index (κ3) is 2.29. The summed E-state index contributed by atoms with van der Waals surface area (Å²) < 4.78 is 6.47. The molecule has 16 heavy (non-hydrogen) atoms. The maximum absolute atomic E-state index is 11.6. The van der Waals surface area contributed by atoms with Crippen LogP contribution in [0.25, 0.3) is 0 Å². The van der Waals surface area contributed by atoms with Crippen molar-refractivity contribution < 1.29 is 9.53 Å². The number of nitrogens with two attached hydrogens (primary N) is 1. The number of halogens is 1. The van der Waals surface area contributed by atoms with Crippen molar-refractivity contribution >= 4 is 27.5 Å². The number of ether oxygens (including phenoxy) is 1. The molecule has 5 heteroatoms. The summed E-state index contributed by atoms with van der Waals surface area (Å²) in [5.74, 6) is 0.652. The summed E-state index contributed by atoms with van der Waals surface area (Å²) in [7, 11) is 1.78. The number of carbonyl (C=O) groups is 1. The minimum atomic E-state index is -0.376. The van der Waals surface area contributed by atoms with Crippen LogP contribution >= 0.6 is 15.9 Å². The van der Waals surface area contributed by atoms with Crippen molar-refractivity contribution in [1.29, 1.82) is 0 Å². The van der Waals surface area contributed by atoms with Crippen molar-refractivity contribution in [3.63, 3.8) is 0 Å². The van der Waals surface area contributed by atoms with Gasteiger partial charge < -0.3 is 15.4 Å². The molecule has 0 bridgehead atoms. The predicted octanol–water partition coefficient (Wildman–Crippen LogP) is 1.64. The number of likely N-dealkylation sites (tertiary alicyclic amines) is 1. The van der Waals surface area contributed by atoms with E-state index in [4.69, 9.17) is 10.5 Å². The van der Waals surface area contributed by atoms with E-state index >= 15 is 0 Å². The number of anilines is 1. The topological polar surface area (TPSA) is 55.6 Å². The zero-order valence-corrected chi connectivity index (χ0v) is 10.5. The first kappa shape index (κ1) is 11.3. The molecule has 1 atom stereocenters. The number of benzene rings is 1. The highest BCUT2D eigenvalue weighted by atomic mass is 79.9. The fourth-order valence-corrected chi connectivity index (χ4v) is 2.21. The molecule has 4 nitrogen and oxygen atoms in total. The molecule has 1 fully saturated rings. The van der Waals surface area contributed by atoms with Gasteiger partial charge >= 0.3 is 0 Å². The van der Waals surface area contributed by atoms with Gasteiger partial charge in [-0.25, -0.2) is 0 Å². The van der Waals surface area contributed by atoms with Crippen molar-refractivity contribution in [3.8, 4) is 5.75 Å². The van der Waals surface area contributed by atoms with Crippen molar-refractivity contribution in [1.82, 2.24) is 4.90 Å². The number of amides is 1. The minimum absolute atomic E-state index is 0.0264. The highest BCUT2D eigenvalue weighted by Gasteiger charge is 2.30. The third-order valence-corrected chi connectivity index (χ3v) is 3.01. The Morgan fingerprint density at radius 3 is 2.81 bits per heavy atom. The Morgan fingerprint density at radius 2 is 2.25 bits per heavy atom. The molecule has 1 unspecified atom stereocenters. The van der Waals surface area contributed by atoms with E-state index in [2.05, 4.69) is 15.9 Å². The molecule has 0 spiro atoms. The number of rotatable bonds is 2. The molecule has 1 aliphatic heterocycles. The van der Waals surface area contributed by atoms with Crippen LogP contribution in [0, 0.1) is 0 Å². The Labute approximate surface area is 102 Å². The van der Waals surface area contributed by atoms with Gasteiger partial charge in [0.15, 0.2) is 6.10 Å². The van der Waals surface area contributed by atoms with Crippen LogP contribution in [0.3, 0.4) is 0 Å². The summed E-state index contributed by atoms with van der Waals surface area (Å²) in [6.45, 7) is 0.743. The smallest absolute Gasteiger partial charge is 0.263 e. The molecule has 1 aromatic carbocycles. The standard InChI is InChI=1S/C11H13BrN2O2/c1-14-3-2-10(11(14)15)16-9-5-7(12)4-8(13)6-9/h4-6,10H,2-3,13H2,1H3. The lowest BCUT2D eigenvalue weighted by atomic mass is 10.3. The van der Waals surface area contributed by atoms with E-state index in [1.807, 2.05) is 6.07 Å². The van der Waals surface area contributed by atoms with E-state index < -0.39 is 0 Å². The van der Waals surface area contributed by atoms with Crippen molar-refractivity contribution in [3.05, 3.63) is 22.7 Å². The fourth-order valence-electron chi connectivity index (χ4n) is 1.72. The first-order valence-corrected chi connectivity index (χ1v) is 5.83. The Balaban J connectivity index is 2.12. The number of nitrogens with zero attached hydrogens (tertiary/aromatic N) is 1. The number of likely N-dealkylation sites (N-methyl/N-ethyl adjacent to an activating group) is 1. The molecule has 1 aliphatic rings. The lowest BCUT2D eigenvalue weighted by Gasteiger charge is -2.13. The first-order valence-electron chi connectivity index (χ1n) is 5.04. The summed E-state index contributed by atoms with van der Waals surface area (Å²) in [6.07, 6.45) is 0.348. The minimum Gasteiger partial charge on any atom is -0.480 e. The molecular weight excluding hydrogens is 272 g/mol. The molecule has 2 rings (SSSR count). The van der Waals surface area contributed by atoms with Crippen LogP contribution in [0.15, 0.2) is 22.7 Å². The van der Waals surface area contributed by atoms with Crippen molar-refractivity contribution in [2.24, 2.45) is 0 Å². The SMILES string of the molecule is CN1CCC(Oc2cc(N)cc(Br)c2)C1=O. The molecule has 86 valence electrons. The third-order valence-electron chi connectivity index (χ3n) is 2.55. The van der Waals surface area contributed by atoms with E-state index in [-0.39, 0.29) is 12.0 Å². The second kappa shape index (κ2) is 4.33. The summed E-state index contributed by atoms with van der Waals surface area (Å²) in [5.41, 5.74) is 6.30. The predicted molar refractivity (Wildman–Crippen MR) is 65.2 cm³/mol. The molecule has 0 aromatic heterocycles. The Morgan fingerprint density at radius 1 is 1.50 bits per heavy atom. The molecule has 0 saturated carbocycles. The van der Waals surface area contributed by atoms with E-state index in [0.717, 1.165) is 17.4 Å². The van der Waals surface area contributed by atoms with Crippen LogP contribution in [0.2, 0.25) is 0 Å². The maximum atomic E-state index is 11.6. The average Bonchev–Trinajstić information content (AvgIpc) is 2.48. The van der Waals surface area contributed by atoms with E-state index in [1.54, 1.807) is 24.1 Å². The lowest BCUT2D eigenvalue weighted by Crippen LogP contribution is -2.29. The Bertz CT molecular complexity index is 402. The summed E-state index contributed by atoms with van der Waals surface area (Å²) >= 11 is 3.33. The van der Waals surface area contributed by atoms with E-state index in [9.17, 15) is 4.79 Å². The summed E-state index contributed by atoms with van der Waals surface area (Å²) in [4.78, 5) is 13.3. The monoisotopic (exact) mass is 284 g/mol. The number of carbonyl (C=O) groups excluding carboxylic acids is 1. The molecule has 0 radical (unpaired) electrons. The second-order valence-corrected chi connectivity index (χ2v) is 4.79. The molecule has 2 N–H and O–H groups in total. The zero-order valence-electron chi connectivity index (χ0n) is 8.94. The van der Waals surface area contributed by atoms with Gasteiger partial charge in [-0.3, -0.25) is 4.79 Å². The molecule has 0 aliphatic carbocycles. The number of nitrogen functional groups attached to an aromatic ring is 1. The quantitative estimate of drug-likeness (QED) is 0.840. The Kier molecular flexibility index (Phi) is 3.05. The van der Waals surface area contributed by atoms with E-state index in [0.29, 0.717) is 11.4 Å². The van der Waals surface area contributed by atoms with Crippen molar-refractivity contribution in [2.45, 2.75) is 12.5 Å². The molecule has 1 heterocycles. The summed E-state index contributed by atoms with van der Waals surface area (Å²) in [6, 6.07) is 5.31. The largest absolute Gasteiger partial charge is 0.480 e. The normalized spacial score (nSPS) is 20.2. The lowest BCUT2D eigenvalue weighted by molar-refractivity contribution is -0.132.